The summed E-state index contributed by atoms with van der Waals surface area (Å²) < 4.78 is 33.0. The lowest BCUT2D eigenvalue weighted by Crippen LogP contribution is -2.32. The lowest BCUT2D eigenvalue weighted by atomic mass is 10.2. The van der Waals surface area contributed by atoms with Crippen LogP contribution in [0.1, 0.15) is 41.9 Å². The van der Waals surface area contributed by atoms with E-state index >= 15 is 0 Å². The van der Waals surface area contributed by atoms with E-state index in [2.05, 4.69) is 25.8 Å². The molecular weight excluding hydrogens is 356 g/mol. The van der Waals surface area contributed by atoms with Crippen LogP contribution in [0.25, 0.3) is 0 Å². The molecule has 2 N–H and O–H groups in total. The van der Waals surface area contributed by atoms with Gasteiger partial charge in [-0.05, 0) is 33.7 Å². The Bertz CT molecular complexity index is 876. The number of aromatic nitrogens is 3. The Hall–Kier alpha value is -2.04. The molecule has 2 aromatic rings. The molecule has 3 rings (SSSR count). The zero-order chi connectivity index (χ0) is 18.9. The molecule has 3 heterocycles. The van der Waals surface area contributed by atoms with Gasteiger partial charge in [0.25, 0.3) is 0 Å². The van der Waals surface area contributed by atoms with Gasteiger partial charge in [0.1, 0.15) is 22.2 Å². The molecule has 0 radical (unpaired) electrons. The molecule has 1 saturated heterocycles. The minimum absolute atomic E-state index is 0.143. The lowest BCUT2D eigenvalue weighted by molar-refractivity contribution is 0.376. The standard InChI is InChI=1S/C16H24N6O3S/c1-10-15(11(2)25-21-10)26(23,24)22-7-5-6-13(22)16-19-12(9-17-3)8-14(18-4)20-16/h8,13,17H,5-7,9H2,1-4H3,(H,18,19,20). The van der Waals surface area contributed by atoms with Crippen molar-refractivity contribution in [3.8, 4) is 0 Å². The van der Waals surface area contributed by atoms with Crippen LogP contribution in [-0.4, -0.2) is 48.5 Å². The highest BCUT2D eigenvalue weighted by Gasteiger charge is 2.40. The summed E-state index contributed by atoms with van der Waals surface area (Å²) >= 11 is 0. The lowest BCUT2D eigenvalue weighted by Gasteiger charge is -2.23. The highest BCUT2D eigenvalue weighted by molar-refractivity contribution is 7.89. The Balaban J connectivity index is 2.02. The van der Waals surface area contributed by atoms with Crippen molar-refractivity contribution in [3.63, 3.8) is 0 Å². The van der Waals surface area contributed by atoms with Crippen LogP contribution >= 0.6 is 0 Å². The van der Waals surface area contributed by atoms with Crippen LogP contribution in [0.4, 0.5) is 5.82 Å². The predicted molar refractivity (Wildman–Crippen MR) is 96.2 cm³/mol. The van der Waals surface area contributed by atoms with Gasteiger partial charge in [0, 0.05) is 26.2 Å². The summed E-state index contributed by atoms with van der Waals surface area (Å²) in [4.78, 5) is 9.24. The molecule has 1 fully saturated rings. The molecule has 1 unspecified atom stereocenters. The predicted octanol–water partition coefficient (Wildman–Crippen LogP) is 1.37. The molecule has 9 nitrogen and oxygen atoms in total. The van der Waals surface area contributed by atoms with Gasteiger partial charge in [-0.25, -0.2) is 18.4 Å². The van der Waals surface area contributed by atoms with Crippen molar-refractivity contribution in [1.29, 1.82) is 0 Å². The Morgan fingerprint density at radius 3 is 2.69 bits per heavy atom. The van der Waals surface area contributed by atoms with Gasteiger partial charge in [-0.2, -0.15) is 4.31 Å². The summed E-state index contributed by atoms with van der Waals surface area (Å²) in [6.07, 6.45) is 1.43. The van der Waals surface area contributed by atoms with Gasteiger partial charge in [-0.1, -0.05) is 5.16 Å². The maximum Gasteiger partial charge on any atom is 0.249 e. The average Bonchev–Trinajstić information content (AvgIpc) is 3.22. The summed E-state index contributed by atoms with van der Waals surface area (Å²) in [5, 5.41) is 9.87. The molecule has 2 aromatic heterocycles. The van der Waals surface area contributed by atoms with E-state index in [1.165, 1.54) is 4.31 Å². The molecule has 0 aromatic carbocycles. The molecule has 1 aliphatic heterocycles. The third-order valence-corrected chi connectivity index (χ3v) is 6.60. The normalized spacial score (nSPS) is 18.4. The second-order valence-electron chi connectivity index (χ2n) is 6.31. The first-order valence-electron chi connectivity index (χ1n) is 8.53. The summed E-state index contributed by atoms with van der Waals surface area (Å²) in [7, 11) is -0.120. The van der Waals surface area contributed by atoms with E-state index in [-0.39, 0.29) is 4.90 Å². The highest BCUT2D eigenvalue weighted by Crippen LogP contribution is 2.37. The fraction of sp³-hybridized carbons (Fsp3) is 0.562. The van der Waals surface area contributed by atoms with E-state index < -0.39 is 16.1 Å². The Morgan fingerprint density at radius 2 is 2.08 bits per heavy atom. The number of sulfonamides is 1. The summed E-state index contributed by atoms with van der Waals surface area (Å²) in [5.74, 6) is 1.48. The maximum absolute atomic E-state index is 13.2. The van der Waals surface area contributed by atoms with E-state index in [1.807, 2.05) is 13.1 Å². The van der Waals surface area contributed by atoms with Gasteiger partial charge in [0.2, 0.25) is 10.0 Å². The van der Waals surface area contributed by atoms with Gasteiger partial charge in [-0.3, -0.25) is 0 Å². The number of nitrogens with one attached hydrogen (secondary N) is 2. The first-order chi connectivity index (χ1) is 12.4. The second kappa shape index (κ2) is 7.29. The molecule has 0 amide bonds. The molecule has 1 atom stereocenters. The van der Waals surface area contributed by atoms with Crippen molar-refractivity contribution in [3.05, 3.63) is 29.0 Å². The molecule has 0 spiro atoms. The topological polar surface area (TPSA) is 113 Å². The molecule has 0 bridgehead atoms. The number of rotatable bonds is 6. The third kappa shape index (κ3) is 3.31. The van der Waals surface area contributed by atoms with Crippen LogP contribution < -0.4 is 10.6 Å². The van der Waals surface area contributed by atoms with Crippen molar-refractivity contribution in [2.45, 2.75) is 44.2 Å². The third-order valence-electron chi connectivity index (χ3n) is 4.45. The molecule has 142 valence electrons. The molecule has 1 aliphatic rings. The summed E-state index contributed by atoms with van der Waals surface area (Å²) in [6.45, 7) is 4.25. The first kappa shape index (κ1) is 18.7. The van der Waals surface area contributed by atoms with Crippen LogP contribution in [0.5, 0.6) is 0 Å². The highest BCUT2D eigenvalue weighted by atomic mass is 32.2. The van der Waals surface area contributed by atoms with Gasteiger partial charge in [-0.15, -0.1) is 0 Å². The van der Waals surface area contributed by atoms with Crippen LogP contribution in [0.15, 0.2) is 15.5 Å². The fourth-order valence-electron chi connectivity index (χ4n) is 3.31. The molecule has 10 heteroatoms. The summed E-state index contributed by atoms with van der Waals surface area (Å²) in [6, 6.07) is 1.44. The van der Waals surface area contributed by atoms with E-state index in [1.54, 1.807) is 20.9 Å². The smallest absolute Gasteiger partial charge is 0.249 e. The van der Waals surface area contributed by atoms with Crippen LogP contribution in [0, 0.1) is 13.8 Å². The summed E-state index contributed by atoms with van der Waals surface area (Å²) in [5.41, 5.74) is 1.18. The SMILES string of the molecule is CNCc1cc(NC)nc(C2CCCN2S(=O)(=O)c2c(C)noc2C)n1. The molecule has 0 aliphatic carbocycles. The minimum Gasteiger partial charge on any atom is -0.373 e. The van der Waals surface area contributed by atoms with E-state index in [9.17, 15) is 8.42 Å². The molecule has 0 saturated carbocycles. The quantitative estimate of drug-likeness (QED) is 0.772. The van der Waals surface area contributed by atoms with Crippen molar-refractivity contribution >= 4 is 15.8 Å². The van der Waals surface area contributed by atoms with Crippen molar-refractivity contribution in [2.75, 3.05) is 26.0 Å². The van der Waals surface area contributed by atoms with E-state index in [4.69, 9.17) is 4.52 Å². The Kier molecular flexibility index (Phi) is 5.26. The largest absolute Gasteiger partial charge is 0.373 e. The van der Waals surface area contributed by atoms with Gasteiger partial charge >= 0.3 is 0 Å². The van der Waals surface area contributed by atoms with Crippen LogP contribution in [0.3, 0.4) is 0 Å². The Morgan fingerprint density at radius 1 is 1.31 bits per heavy atom. The number of aryl methyl sites for hydroxylation is 2. The first-order valence-corrected chi connectivity index (χ1v) is 9.97. The van der Waals surface area contributed by atoms with Gasteiger partial charge < -0.3 is 15.2 Å². The van der Waals surface area contributed by atoms with Crippen molar-refractivity contribution < 1.29 is 12.9 Å². The van der Waals surface area contributed by atoms with Gasteiger partial charge in [0.15, 0.2) is 5.76 Å². The molecule has 26 heavy (non-hydrogen) atoms. The fourth-order valence-corrected chi connectivity index (χ4v) is 5.26. The van der Waals surface area contributed by atoms with Crippen LogP contribution in [-0.2, 0) is 16.6 Å². The second-order valence-corrected chi connectivity index (χ2v) is 8.14. The maximum atomic E-state index is 13.2. The van der Waals surface area contributed by atoms with Crippen molar-refractivity contribution in [2.24, 2.45) is 0 Å². The zero-order valence-electron chi connectivity index (χ0n) is 15.4. The van der Waals surface area contributed by atoms with Crippen molar-refractivity contribution in [1.82, 2.24) is 24.7 Å². The van der Waals surface area contributed by atoms with E-state index in [0.29, 0.717) is 42.6 Å². The van der Waals surface area contributed by atoms with Crippen LogP contribution in [0.2, 0.25) is 0 Å². The number of anilines is 1. The molecular formula is C16H24N6O3S. The minimum atomic E-state index is -3.74. The number of hydrogen-bond donors (Lipinski definition) is 2. The monoisotopic (exact) mass is 380 g/mol. The average molecular weight is 380 g/mol. The van der Waals surface area contributed by atoms with Gasteiger partial charge in [0.05, 0.1) is 11.7 Å². The zero-order valence-corrected chi connectivity index (χ0v) is 16.2. The number of nitrogens with zero attached hydrogens (tertiary/aromatic N) is 4. The number of hydrogen-bond acceptors (Lipinski definition) is 8. The Labute approximate surface area is 153 Å². The van der Waals surface area contributed by atoms with E-state index in [0.717, 1.165) is 12.1 Å².